The summed E-state index contributed by atoms with van der Waals surface area (Å²) in [4.78, 5) is 31.3. The molecule has 1 aromatic heterocycles. The fraction of sp³-hybridized carbons (Fsp3) is 0.0870. The largest absolute Gasteiger partial charge is 0.465 e. The number of nitrogens with one attached hydrogen (secondary N) is 2. The minimum atomic E-state index is -4.26. The molecule has 0 saturated heterocycles. The number of fused-ring (bicyclic) bond motifs is 1. The van der Waals surface area contributed by atoms with E-state index in [9.17, 15) is 23.3 Å². The van der Waals surface area contributed by atoms with Crippen molar-refractivity contribution in [1.29, 1.82) is 0 Å². The van der Waals surface area contributed by atoms with E-state index in [1.165, 1.54) is 25.2 Å². The van der Waals surface area contributed by atoms with E-state index in [1.807, 2.05) is 0 Å². The van der Waals surface area contributed by atoms with Gasteiger partial charge in [-0.1, -0.05) is 30.3 Å². The molecule has 184 valence electrons. The van der Waals surface area contributed by atoms with E-state index in [0.29, 0.717) is 22.3 Å². The fourth-order valence-corrected chi connectivity index (χ4v) is 4.38. The van der Waals surface area contributed by atoms with Crippen LogP contribution in [0.2, 0.25) is 0 Å². The molecule has 4 rings (SSSR count). The van der Waals surface area contributed by atoms with Gasteiger partial charge in [-0.05, 0) is 35.9 Å². The normalized spacial score (nSPS) is 11.1. The topological polar surface area (TPSA) is 168 Å². The minimum absolute atomic E-state index is 0.0893. The van der Waals surface area contributed by atoms with Crippen LogP contribution in [0.4, 0.5) is 27.8 Å². The van der Waals surface area contributed by atoms with Gasteiger partial charge in [-0.3, -0.25) is 14.8 Å². The number of rotatable bonds is 8. The molecule has 0 spiro atoms. The lowest BCUT2D eigenvalue weighted by Gasteiger charge is -2.16. The molecule has 0 aliphatic heterocycles. The van der Waals surface area contributed by atoms with E-state index in [0.717, 1.165) is 11.0 Å². The van der Waals surface area contributed by atoms with Crippen LogP contribution in [0.1, 0.15) is 5.56 Å². The van der Waals surface area contributed by atoms with Crippen molar-refractivity contribution in [3.05, 3.63) is 88.5 Å². The summed E-state index contributed by atoms with van der Waals surface area (Å²) < 4.78 is 28.5. The van der Waals surface area contributed by atoms with Gasteiger partial charge in [0.2, 0.25) is 0 Å². The van der Waals surface area contributed by atoms with Gasteiger partial charge in [-0.15, -0.1) is 0 Å². The lowest BCUT2D eigenvalue weighted by molar-refractivity contribution is -0.385. The number of benzene rings is 3. The Morgan fingerprint density at radius 1 is 1.00 bits per heavy atom. The summed E-state index contributed by atoms with van der Waals surface area (Å²) in [5.74, 6) is -0.0280. The Labute approximate surface area is 205 Å². The number of anilines is 3. The summed E-state index contributed by atoms with van der Waals surface area (Å²) in [6.45, 7) is 0.139. The Morgan fingerprint density at radius 2 is 1.67 bits per heavy atom. The number of amides is 1. The number of sulfonamides is 1. The molecule has 3 N–H and O–H groups in total. The molecule has 0 atom stereocenters. The molecule has 0 fully saturated rings. The zero-order valence-corrected chi connectivity index (χ0v) is 19.6. The number of nitro groups is 1. The van der Waals surface area contributed by atoms with Gasteiger partial charge < -0.3 is 15.3 Å². The van der Waals surface area contributed by atoms with E-state index in [1.54, 1.807) is 48.5 Å². The zero-order chi connectivity index (χ0) is 25.9. The third kappa shape index (κ3) is 5.47. The molecular formula is C23H20N6O6S. The van der Waals surface area contributed by atoms with Crippen molar-refractivity contribution in [1.82, 2.24) is 14.9 Å². The van der Waals surface area contributed by atoms with Crippen molar-refractivity contribution in [2.45, 2.75) is 11.4 Å². The number of carboxylic acid groups (broad SMARTS) is 1. The van der Waals surface area contributed by atoms with Crippen molar-refractivity contribution in [2.75, 3.05) is 17.1 Å². The second-order valence-corrected chi connectivity index (χ2v) is 9.42. The summed E-state index contributed by atoms with van der Waals surface area (Å²) in [5, 5.41) is 23.3. The van der Waals surface area contributed by atoms with Gasteiger partial charge in [-0.2, -0.15) is 0 Å². The van der Waals surface area contributed by atoms with Crippen molar-refractivity contribution in [3.8, 4) is 0 Å². The summed E-state index contributed by atoms with van der Waals surface area (Å²) in [6.07, 6.45) is -1.08. The van der Waals surface area contributed by atoms with Gasteiger partial charge in [0.05, 0.1) is 20.9 Å². The Balaban J connectivity index is 1.72. The standard InChI is InChI=1S/C23H20N6O6S/c1-28(23(30)31)14-15-6-4-7-16(12-15)24-21-22(26-20-11-3-2-10-19(20)25-21)27-36(34,35)18-9-5-8-17(13-18)29(32)33/h2-13H,14H2,1H3,(H,24,25)(H,26,27)(H,30,31). The molecule has 1 amide bonds. The van der Waals surface area contributed by atoms with Crippen LogP contribution >= 0.6 is 0 Å². The highest BCUT2D eigenvalue weighted by molar-refractivity contribution is 7.92. The average molecular weight is 509 g/mol. The quantitative estimate of drug-likeness (QED) is 0.233. The van der Waals surface area contributed by atoms with Crippen LogP contribution in [-0.2, 0) is 16.6 Å². The number of carbonyl (C=O) groups is 1. The summed E-state index contributed by atoms with van der Waals surface area (Å²) >= 11 is 0. The fourth-order valence-electron chi connectivity index (χ4n) is 3.33. The highest BCUT2D eigenvalue weighted by Crippen LogP contribution is 2.28. The highest BCUT2D eigenvalue weighted by atomic mass is 32.2. The second kappa shape index (κ2) is 9.84. The number of non-ortho nitro benzene ring substituents is 1. The number of para-hydroxylation sites is 2. The van der Waals surface area contributed by atoms with Crippen LogP contribution < -0.4 is 10.0 Å². The first-order valence-electron chi connectivity index (χ1n) is 10.5. The minimum Gasteiger partial charge on any atom is -0.465 e. The summed E-state index contributed by atoms with van der Waals surface area (Å²) in [7, 11) is -2.81. The molecule has 0 bridgehead atoms. The Morgan fingerprint density at radius 3 is 2.33 bits per heavy atom. The molecular weight excluding hydrogens is 488 g/mol. The number of nitrogens with zero attached hydrogens (tertiary/aromatic N) is 4. The van der Waals surface area contributed by atoms with Gasteiger partial charge in [0.25, 0.3) is 15.7 Å². The molecule has 3 aromatic carbocycles. The van der Waals surface area contributed by atoms with Crippen LogP contribution in [0.3, 0.4) is 0 Å². The maximum absolute atomic E-state index is 13.1. The molecule has 0 aliphatic rings. The second-order valence-electron chi connectivity index (χ2n) is 7.73. The predicted molar refractivity (Wildman–Crippen MR) is 133 cm³/mol. The number of nitro benzene ring substituents is 1. The maximum atomic E-state index is 13.1. The van der Waals surface area contributed by atoms with E-state index >= 15 is 0 Å². The van der Waals surface area contributed by atoms with Crippen LogP contribution in [0, 0.1) is 10.1 Å². The van der Waals surface area contributed by atoms with Crippen molar-refractivity contribution in [2.24, 2.45) is 0 Å². The molecule has 36 heavy (non-hydrogen) atoms. The predicted octanol–water partition coefficient (Wildman–Crippen LogP) is 4.19. The highest BCUT2D eigenvalue weighted by Gasteiger charge is 2.21. The van der Waals surface area contributed by atoms with Crippen LogP contribution in [0.25, 0.3) is 11.0 Å². The van der Waals surface area contributed by atoms with Gasteiger partial charge >= 0.3 is 6.09 Å². The van der Waals surface area contributed by atoms with E-state index < -0.39 is 21.0 Å². The Hall–Kier alpha value is -4.78. The molecule has 1 heterocycles. The van der Waals surface area contributed by atoms with E-state index in [-0.39, 0.29) is 28.8 Å². The smallest absolute Gasteiger partial charge is 0.407 e. The maximum Gasteiger partial charge on any atom is 0.407 e. The first-order valence-corrected chi connectivity index (χ1v) is 11.9. The molecule has 0 radical (unpaired) electrons. The van der Waals surface area contributed by atoms with E-state index in [2.05, 4.69) is 20.0 Å². The van der Waals surface area contributed by atoms with Crippen LogP contribution in [0.5, 0.6) is 0 Å². The van der Waals surface area contributed by atoms with Crippen molar-refractivity contribution >= 4 is 50.2 Å². The van der Waals surface area contributed by atoms with Gasteiger partial charge in [0.1, 0.15) is 0 Å². The Bertz CT molecular complexity index is 1580. The van der Waals surface area contributed by atoms with Gasteiger partial charge in [0.15, 0.2) is 11.6 Å². The average Bonchev–Trinajstić information content (AvgIpc) is 2.84. The molecule has 0 aliphatic carbocycles. The lowest BCUT2D eigenvalue weighted by atomic mass is 10.2. The number of aromatic nitrogens is 2. The first kappa shape index (κ1) is 24.3. The molecule has 0 unspecified atom stereocenters. The first-order chi connectivity index (χ1) is 17.1. The third-order valence-corrected chi connectivity index (χ3v) is 6.41. The van der Waals surface area contributed by atoms with Crippen LogP contribution in [-0.4, -0.2) is 46.5 Å². The lowest BCUT2D eigenvalue weighted by Crippen LogP contribution is -2.23. The molecule has 13 heteroatoms. The van der Waals surface area contributed by atoms with Crippen LogP contribution in [0.15, 0.2) is 77.7 Å². The van der Waals surface area contributed by atoms with E-state index in [4.69, 9.17) is 5.11 Å². The number of hydrogen-bond donors (Lipinski definition) is 3. The number of hydrogen-bond acceptors (Lipinski definition) is 8. The molecule has 0 saturated carbocycles. The zero-order valence-electron chi connectivity index (χ0n) is 18.8. The van der Waals surface area contributed by atoms with Crippen molar-refractivity contribution < 1.29 is 23.2 Å². The van der Waals surface area contributed by atoms with Gasteiger partial charge in [0, 0.05) is 31.4 Å². The third-order valence-electron chi connectivity index (χ3n) is 5.08. The Kier molecular flexibility index (Phi) is 6.65. The SMILES string of the molecule is CN(Cc1cccc(Nc2nc3ccccc3nc2NS(=O)(=O)c2cccc([N+](=O)[O-])c2)c1)C(=O)O. The summed E-state index contributed by atoms with van der Waals surface area (Å²) in [5.41, 5.74) is 1.77. The van der Waals surface area contributed by atoms with Crippen molar-refractivity contribution in [3.63, 3.8) is 0 Å². The monoisotopic (exact) mass is 508 g/mol. The molecule has 4 aromatic rings. The van der Waals surface area contributed by atoms with Gasteiger partial charge in [-0.25, -0.2) is 23.2 Å². The summed E-state index contributed by atoms with van der Waals surface area (Å²) in [6, 6.07) is 18.4. The molecule has 12 nitrogen and oxygen atoms in total.